The molecule has 0 saturated carbocycles. The number of hydroxylamine groups is 1. The van der Waals surface area contributed by atoms with E-state index in [0.29, 0.717) is 25.0 Å². The summed E-state index contributed by atoms with van der Waals surface area (Å²) >= 11 is 0. The van der Waals surface area contributed by atoms with Gasteiger partial charge in [-0.05, 0) is 31.9 Å². The molecule has 2 amide bonds. The molecule has 0 atom stereocenters. The molecule has 5 heteroatoms. The summed E-state index contributed by atoms with van der Waals surface area (Å²) in [6.45, 7) is 5.54. The van der Waals surface area contributed by atoms with Gasteiger partial charge in [0.25, 0.3) is 0 Å². The van der Waals surface area contributed by atoms with Crippen LogP contribution in [0.2, 0.25) is 0 Å². The number of rotatable bonds is 10. The predicted octanol–water partition coefficient (Wildman–Crippen LogP) is 2.59. The van der Waals surface area contributed by atoms with Crippen molar-refractivity contribution >= 4 is 11.8 Å². The third-order valence-corrected chi connectivity index (χ3v) is 2.65. The van der Waals surface area contributed by atoms with Crippen molar-refractivity contribution in [3.05, 3.63) is 36.6 Å². The Balaban J connectivity index is 3.73. The molecule has 0 bridgehead atoms. The van der Waals surface area contributed by atoms with Gasteiger partial charge in [0.05, 0.1) is 0 Å². The summed E-state index contributed by atoms with van der Waals surface area (Å²) in [4.78, 5) is 22.4. The van der Waals surface area contributed by atoms with Crippen LogP contribution < -0.4 is 10.8 Å². The Bertz CT molecular complexity index is 373. The fraction of sp³-hybridized carbons (Fsp3) is 0.467. The van der Waals surface area contributed by atoms with Gasteiger partial charge in [0.1, 0.15) is 0 Å². The van der Waals surface area contributed by atoms with Gasteiger partial charge in [0.15, 0.2) is 0 Å². The molecule has 20 heavy (non-hydrogen) atoms. The molecule has 0 saturated heterocycles. The highest BCUT2D eigenvalue weighted by molar-refractivity contribution is 5.78. The Labute approximate surface area is 120 Å². The average Bonchev–Trinajstić information content (AvgIpc) is 2.46. The molecule has 0 fully saturated rings. The maximum absolute atomic E-state index is 11.6. The minimum atomic E-state index is -0.368. The van der Waals surface area contributed by atoms with Gasteiger partial charge >= 0.3 is 0 Å². The highest BCUT2D eigenvalue weighted by Crippen LogP contribution is 2.06. The number of nitrogens with one attached hydrogen (secondary N) is 2. The highest BCUT2D eigenvalue weighted by Gasteiger charge is 2.03. The molecule has 0 spiro atoms. The van der Waals surface area contributed by atoms with Crippen LogP contribution in [0.15, 0.2) is 36.6 Å². The lowest BCUT2D eigenvalue weighted by molar-refractivity contribution is -0.129. The second-order valence-electron chi connectivity index (χ2n) is 4.35. The number of carbonyl (C=O) groups excluding carboxylic acids is 2. The molecule has 0 aromatic heterocycles. The van der Waals surface area contributed by atoms with Crippen LogP contribution in [0.5, 0.6) is 0 Å². The fourth-order valence-corrected chi connectivity index (χ4v) is 1.56. The maximum atomic E-state index is 11.6. The Morgan fingerprint density at radius 2 is 1.70 bits per heavy atom. The highest BCUT2D eigenvalue weighted by atomic mass is 16.5. The van der Waals surface area contributed by atoms with Crippen molar-refractivity contribution < 1.29 is 14.8 Å². The zero-order valence-electron chi connectivity index (χ0n) is 12.0. The van der Waals surface area contributed by atoms with Gasteiger partial charge in [-0.2, -0.15) is 0 Å². The van der Waals surface area contributed by atoms with E-state index in [1.807, 2.05) is 19.1 Å². The van der Waals surface area contributed by atoms with Crippen LogP contribution in [0.25, 0.3) is 0 Å². The largest absolute Gasteiger partial charge is 0.326 e. The van der Waals surface area contributed by atoms with Gasteiger partial charge in [0.2, 0.25) is 11.8 Å². The molecule has 0 aromatic carbocycles. The Morgan fingerprint density at radius 3 is 2.20 bits per heavy atom. The predicted molar refractivity (Wildman–Crippen MR) is 78.9 cm³/mol. The monoisotopic (exact) mass is 280 g/mol. The van der Waals surface area contributed by atoms with Crippen LogP contribution in [0.1, 0.15) is 45.4 Å². The zero-order chi connectivity index (χ0) is 15.2. The molecule has 0 aromatic rings. The maximum Gasteiger partial charge on any atom is 0.243 e. The van der Waals surface area contributed by atoms with Gasteiger partial charge in [-0.1, -0.05) is 31.6 Å². The molecular formula is C15H24N2O3. The number of unbranched alkanes of at least 4 members (excludes halogenated alkanes) is 3. The minimum Gasteiger partial charge on any atom is -0.326 e. The van der Waals surface area contributed by atoms with Crippen LogP contribution >= 0.6 is 0 Å². The lowest BCUT2D eigenvalue weighted by Gasteiger charge is -2.05. The van der Waals surface area contributed by atoms with Crippen LogP contribution in [0.3, 0.4) is 0 Å². The van der Waals surface area contributed by atoms with Crippen molar-refractivity contribution in [3.63, 3.8) is 0 Å². The lowest BCUT2D eigenvalue weighted by Crippen LogP contribution is -2.21. The number of allylic oxidation sites excluding steroid dienone is 4. The lowest BCUT2D eigenvalue weighted by atomic mass is 10.1. The molecule has 0 unspecified atom stereocenters. The molecule has 3 N–H and O–H groups in total. The van der Waals surface area contributed by atoms with Crippen molar-refractivity contribution in [1.29, 1.82) is 0 Å². The van der Waals surface area contributed by atoms with E-state index < -0.39 is 0 Å². The fourth-order valence-electron chi connectivity index (χ4n) is 1.56. The average molecular weight is 280 g/mol. The molecule has 0 aliphatic rings. The topological polar surface area (TPSA) is 78.4 Å². The molecule has 0 rings (SSSR count). The van der Waals surface area contributed by atoms with Crippen molar-refractivity contribution in [3.8, 4) is 0 Å². The Morgan fingerprint density at radius 1 is 1.10 bits per heavy atom. The van der Waals surface area contributed by atoms with Crippen LogP contribution in [0.4, 0.5) is 0 Å². The second kappa shape index (κ2) is 12.2. The summed E-state index contributed by atoms with van der Waals surface area (Å²) in [5, 5.41) is 11.1. The van der Waals surface area contributed by atoms with E-state index in [1.54, 1.807) is 17.6 Å². The smallest absolute Gasteiger partial charge is 0.243 e. The summed E-state index contributed by atoms with van der Waals surface area (Å²) in [5.74, 6) is -0.402. The van der Waals surface area contributed by atoms with Crippen molar-refractivity contribution in [2.24, 2.45) is 0 Å². The third kappa shape index (κ3) is 10.1. The normalized spacial score (nSPS) is 11.4. The molecule has 0 heterocycles. The number of hydrogen-bond donors (Lipinski definition) is 3. The third-order valence-electron chi connectivity index (χ3n) is 2.65. The van der Waals surface area contributed by atoms with Crippen LogP contribution in [-0.4, -0.2) is 17.0 Å². The van der Waals surface area contributed by atoms with Gasteiger partial charge in [-0.3, -0.25) is 14.8 Å². The first kappa shape index (κ1) is 18.1. The van der Waals surface area contributed by atoms with E-state index in [-0.39, 0.29) is 11.8 Å². The van der Waals surface area contributed by atoms with Crippen molar-refractivity contribution in [2.45, 2.75) is 45.4 Å². The quantitative estimate of drug-likeness (QED) is 0.249. The van der Waals surface area contributed by atoms with E-state index in [9.17, 15) is 9.59 Å². The van der Waals surface area contributed by atoms with Gasteiger partial charge in [-0.15, -0.1) is 0 Å². The molecule has 0 radical (unpaired) electrons. The van der Waals surface area contributed by atoms with E-state index in [1.165, 1.54) is 0 Å². The number of amides is 2. The molecule has 112 valence electrons. The van der Waals surface area contributed by atoms with Crippen LogP contribution in [0, 0.1) is 0 Å². The molecular weight excluding hydrogens is 256 g/mol. The second-order valence-corrected chi connectivity index (χ2v) is 4.35. The first-order valence-corrected chi connectivity index (χ1v) is 6.82. The summed E-state index contributed by atoms with van der Waals surface area (Å²) in [6, 6.07) is 0. The van der Waals surface area contributed by atoms with E-state index >= 15 is 0 Å². The van der Waals surface area contributed by atoms with Gasteiger partial charge in [0, 0.05) is 18.5 Å². The SMILES string of the molecule is C=CC(=CC=CC)NC(=O)CCCCCCC(=O)NO. The summed E-state index contributed by atoms with van der Waals surface area (Å²) in [6.07, 6.45) is 11.1. The minimum absolute atomic E-state index is 0.0336. The van der Waals surface area contributed by atoms with Crippen molar-refractivity contribution in [1.82, 2.24) is 10.8 Å². The van der Waals surface area contributed by atoms with Crippen molar-refractivity contribution in [2.75, 3.05) is 0 Å². The Hall–Kier alpha value is -1.88. The number of hydrogen-bond acceptors (Lipinski definition) is 3. The van der Waals surface area contributed by atoms with Gasteiger partial charge in [-0.25, -0.2) is 5.48 Å². The zero-order valence-corrected chi connectivity index (χ0v) is 12.0. The van der Waals surface area contributed by atoms with Gasteiger partial charge < -0.3 is 5.32 Å². The summed E-state index contributed by atoms with van der Waals surface area (Å²) in [5.41, 5.74) is 2.28. The van der Waals surface area contributed by atoms with E-state index in [4.69, 9.17) is 5.21 Å². The molecule has 5 nitrogen and oxygen atoms in total. The molecule has 0 aliphatic carbocycles. The van der Waals surface area contributed by atoms with E-state index in [2.05, 4.69) is 11.9 Å². The van der Waals surface area contributed by atoms with Crippen LogP contribution in [-0.2, 0) is 9.59 Å². The Kier molecular flexibility index (Phi) is 11.0. The first-order valence-electron chi connectivity index (χ1n) is 6.82. The summed E-state index contributed by atoms with van der Waals surface area (Å²) in [7, 11) is 0. The summed E-state index contributed by atoms with van der Waals surface area (Å²) < 4.78 is 0. The molecule has 0 aliphatic heterocycles. The standard InChI is InChI=1S/C15H24N2O3/c1-3-5-10-13(4-2)16-14(18)11-8-6-7-9-12-15(19)17-20/h3-5,10,20H,2,6-9,11-12H2,1H3,(H,16,18)(H,17,19). The van der Waals surface area contributed by atoms with E-state index in [0.717, 1.165) is 19.3 Å². The first-order chi connectivity index (χ1) is 9.63. The number of carbonyl (C=O) groups is 2.